The third kappa shape index (κ3) is 5.35. The smallest absolute Gasteiger partial charge is 0.105 e. The van der Waals surface area contributed by atoms with Crippen molar-refractivity contribution >= 4 is 0 Å². The summed E-state index contributed by atoms with van der Waals surface area (Å²) in [5, 5.41) is 6.92. The van der Waals surface area contributed by atoms with Crippen LogP contribution in [0.25, 0.3) is 0 Å². The van der Waals surface area contributed by atoms with Gasteiger partial charge in [-0.1, -0.05) is 6.92 Å². The number of nitrogens with zero attached hydrogens (tertiary/aromatic N) is 1. The van der Waals surface area contributed by atoms with Crippen LogP contribution in [-0.4, -0.2) is 50.7 Å². The SMILES string of the molecule is Cc1ccc(CCNCC(C)CN2CCNCC2)o1. The summed E-state index contributed by atoms with van der Waals surface area (Å²) in [6.45, 7) is 12.3. The van der Waals surface area contributed by atoms with Crippen molar-refractivity contribution in [2.75, 3.05) is 45.8 Å². The van der Waals surface area contributed by atoms with Gasteiger partial charge in [-0.3, -0.25) is 0 Å². The molecule has 1 aromatic heterocycles. The first kappa shape index (κ1) is 14.6. The Morgan fingerprint density at radius 3 is 2.84 bits per heavy atom. The number of aryl methyl sites for hydroxylation is 1. The van der Waals surface area contributed by atoms with Gasteiger partial charge in [-0.2, -0.15) is 0 Å². The van der Waals surface area contributed by atoms with Gasteiger partial charge in [0.2, 0.25) is 0 Å². The predicted octanol–water partition coefficient (Wildman–Crippen LogP) is 1.26. The molecule has 2 rings (SSSR count). The van der Waals surface area contributed by atoms with E-state index in [0.29, 0.717) is 5.92 Å². The van der Waals surface area contributed by atoms with Crippen molar-refractivity contribution in [1.29, 1.82) is 0 Å². The molecule has 2 heterocycles. The van der Waals surface area contributed by atoms with Crippen LogP contribution < -0.4 is 10.6 Å². The van der Waals surface area contributed by atoms with E-state index in [9.17, 15) is 0 Å². The second-order valence-electron chi connectivity index (χ2n) is 5.62. The van der Waals surface area contributed by atoms with Gasteiger partial charge in [-0.15, -0.1) is 0 Å². The molecule has 0 aromatic carbocycles. The normalized spacial score (nSPS) is 18.6. The first-order valence-electron chi connectivity index (χ1n) is 7.43. The average molecular weight is 265 g/mol. The van der Waals surface area contributed by atoms with E-state index < -0.39 is 0 Å². The van der Waals surface area contributed by atoms with Gasteiger partial charge in [0, 0.05) is 45.7 Å². The molecular weight excluding hydrogens is 238 g/mol. The van der Waals surface area contributed by atoms with Crippen LogP contribution in [-0.2, 0) is 6.42 Å². The molecule has 1 aliphatic heterocycles. The molecule has 0 bridgehead atoms. The Morgan fingerprint density at radius 1 is 1.37 bits per heavy atom. The third-order valence-corrected chi connectivity index (χ3v) is 3.62. The lowest BCUT2D eigenvalue weighted by molar-refractivity contribution is 0.209. The summed E-state index contributed by atoms with van der Waals surface area (Å²) in [4.78, 5) is 2.55. The van der Waals surface area contributed by atoms with Gasteiger partial charge in [-0.05, 0) is 31.5 Å². The van der Waals surface area contributed by atoms with Gasteiger partial charge in [0.25, 0.3) is 0 Å². The second-order valence-corrected chi connectivity index (χ2v) is 5.62. The maximum Gasteiger partial charge on any atom is 0.105 e. The molecule has 4 nitrogen and oxygen atoms in total. The van der Waals surface area contributed by atoms with E-state index in [1.54, 1.807) is 0 Å². The molecule has 1 fully saturated rings. The number of hydrogen-bond acceptors (Lipinski definition) is 4. The maximum atomic E-state index is 5.56. The fraction of sp³-hybridized carbons (Fsp3) is 0.733. The average Bonchev–Trinajstić information content (AvgIpc) is 2.82. The van der Waals surface area contributed by atoms with Crippen molar-refractivity contribution in [3.8, 4) is 0 Å². The first-order valence-corrected chi connectivity index (χ1v) is 7.43. The van der Waals surface area contributed by atoms with Gasteiger partial charge < -0.3 is 20.0 Å². The molecule has 0 saturated carbocycles. The van der Waals surface area contributed by atoms with Crippen LogP contribution in [0.2, 0.25) is 0 Å². The monoisotopic (exact) mass is 265 g/mol. The third-order valence-electron chi connectivity index (χ3n) is 3.62. The quantitative estimate of drug-likeness (QED) is 0.728. The topological polar surface area (TPSA) is 40.4 Å². The largest absolute Gasteiger partial charge is 0.466 e. The molecule has 0 radical (unpaired) electrons. The van der Waals surface area contributed by atoms with Gasteiger partial charge in [-0.25, -0.2) is 0 Å². The van der Waals surface area contributed by atoms with Crippen LogP contribution in [0.5, 0.6) is 0 Å². The Kier molecular flexibility index (Phi) is 5.89. The van der Waals surface area contributed by atoms with Crippen molar-refractivity contribution in [2.24, 2.45) is 5.92 Å². The van der Waals surface area contributed by atoms with Gasteiger partial charge in [0.15, 0.2) is 0 Å². The Bertz CT molecular complexity index is 358. The van der Waals surface area contributed by atoms with Gasteiger partial charge in [0.05, 0.1) is 0 Å². The van der Waals surface area contributed by atoms with Gasteiger partial charge >= 0.3 is 0 Å². The zero-order valence-electron chi connectivity index (χ0n) is 12.2. The van der Waals surface area contributed by atoms with E-state index in [0.717, 1.165) is 44.1 Å². The lowest BCUT2D eigenvalue weighted by Gasteiger charge is -2.29. The molecule has 0 spiro atoms. The van der Waals surface area contributed by atoms with Crippen molar-refractivity contribution < 1.29 is 4.42 Å². The molecule has 19 heavy (non-hydrogen) atoms. The molecule has 1 atom stereocenters. The maximum absolute atomic E-state index is 5.56. The molecule has 108 valence electrons. The molecule has 0 amide bonds. The van der Waals surface area contributed by atoms with Crippen LogP contribution in [0.3, 0.4) is 0 Å². The number of furan rings is 1. The molecule has 0 aliphatic carbocycles. The lowest BCUT2D eigenvalue weighted by Crippen LogP contribution is -2.46. The minimum Gasteiger partial charge on any atom is -0.466 e. The number of hydrogen-bond donors (Lipinski definition) is 2. The first-order chi connectivity index (χ1) is 9.24. The highest BCUT2D eigenvalue weighted by Crippen LogP contribution is 2.06. The molecular formula is C15H27N3O. The van der Waals surface area contributed by atoms with E-state index in [2.05, 4.69) is 28.5 Å². The molecule has 1 aromatic rings. The van der Waals surface area contributed by atoms with Crippen LogP contribution >= 0.6 is 0 Å². The summed E-state index contributed by atoms with van der Waals surface area (Å²) in [6.07, 6.45) is 0.980. The summed E-state index contributed by atoms with van der Waals surface area (Å²) in [7, 11) is 0. The van der Waals surface area contributed by atoms with Crippen molar-refractivity contribution in [1.82, 2.24) is 15.5 Å². The number of piperazine rings is 1. The van der Waals surface area contributed by atoms with Crippen molar-refractivity contribution in [2.45, 2.75) is 20.3 Å². The molecule has 2 N–H and O–H groups in total. The number of rotatable bonds is 7. The minimum absolute atomic E-state index is 0.705. The summed E-state index contributed by atoms with van der Waals surface area (Å²) in [5.41, 5.74) is 0. The van der Waals surface area contributed by atoms with Crippen LogP contribution in [0.15, 0.2) is 16.5 Å². The standard InChI is InChI=1S/C15H27N3O/c1-13(12-18-9-7-16-8-10-18)11-17-6-5-15-4-3-14(2)19-15/h3-4,13,16-17H,5-12H2,1-2H3. The fourth-order valence-electron chi connectivity index (χ4n) is 2.58. The second kappa shape index (κ2) is 7.68. The highest BCUT2D eigenvalue weighted by atomic mass is 16.3. The Labute approximate surface area is 116 Å². The number of nitrogens with one attached hydrogen (secondary N) is 2. The Morgan fingerprint density at radius 2 is 2.16 bits per heavy atom. The highest BCUT2D eigenvalue weighted by Gasteiger charge is 2.12. The van der Waals surface area contributed by atoms with E-state index in [-0.39, 0.29) is 0 Å². The van der Waals surface area contributed by atoms with Gasteiger partial charge in [0.1, 0.15) is 11.5 Å². The highest BCUT2D eigenvalue weighted by molar-refractivity contribution is 5.05. The minimum atomic E-state index is 0.705. The molecule has 1 saturated heterocycles. The molecule has 1 aliphatic rings. The summed E-state index contributed by atoms with van der Waals surface area (Å²) < 4.78 is 5.56. The molecule has 4 heteroatoms. The van der Waals surface area contributed by atoms with Crippen molar-refractivity contribution in [3.63, 3.8) is 0 Å². The summed E-state index contributed by atoms with van der Waals surface area (Å²) in [6, 6.07) is 4.10. The van der Waals surface area contributed by atoms with E-state index in [1.807, 2.05) is 13.0 Å². The van der Waals surface area contributed by atoms with Crippen molar-refractivity contribution in [3.05, 3.63) is 23.7 Å². The summed E-state index contributed by atoms with van der Waals surface area (Å²) in [5.74, 6) is 2.79. The zero-order valence-corrected chi connectivity index (χ0v) is 12.2. The van der Waals surface area contributed by atoms with Crippen LogP contribution in [0, 0.1) is 12.8 Å². The summed E-state index contributed by atoms with van der Waals surface area (Å²) >= 11 is 0. The Hall–Kier alpha value is -0.840. The van der Waals surface area contributed by atoms with E-state index in [1.165, 1.54) is 19.6 Å². The van der Waals surface area contributed by atoms with Crippen LogP contribution in [0.1, 0.15) is 18.4 Å². The molecule has 1 unspecified atom stereocenters. The van der Waals surface area contributed by atoms with Crippen LogP contribution in [0.4, 0.5) is 0 Å². The predicted molar refractivity (Wildman–Crippen MR) is 78.5 cm³/mol. The van der Waals surface area contributed by atoms with E-state index in [4.69, 9.17) is 4.42 Å². The van der Waals surface area contributed by atoms with E-state index >= 15 is 0 Å². The zero-order chi connectivity index (χ0) is 13.5. The fourth-order valence-corrected chi connectivity index (χ4v) is 2.58. The Balaban J connectivity index is 1.54. The lowest BCUT2D eigenvalue weighted by atomic mass is 10.1.